The van der Waals surface area contributed by atoms with Crippen LogP contribution < -0.4 is 11.2 Å². The Labute approximate surface area is 179 Å². The number of rotatable bonds is 2. The molecule has 1 fully saturated rings. The lowest BCUT2D eigenvalue weighted by molar-refractivity contribution is 0.0205. The molecule has 1 N–H and O–H groups in total. The first-order valence-electron chi connectivity index (χ1n) is 10.4. The lowest BCUT2D eigenvalue weighted by Gasteiger charge is -2.33. The fourth-order valence-electron chi connectivity index (χ4n) is 3.87. The van der Waals surface area contributed by atoms with Gasteiger partial charge in [-0.1, -0.05) is 6.07 Å². The van der Waals surface area contributed by atoms with Gasteiger partial charge in [-0.15, -0.1) is 0 Å². The van der Waals surface area contributed by atoms with Gasteiger partial charge in [0.05, 0.1) is 17.4 Å². The van der Waals surface area contributed by atoms with Gasteiger partial charge in [0.25, 0.3) is 5.56 Å². The molecule has 0 bridgehead atoms. The molecule has 0 saturated carbocycles. The first-order chi connectivity index (χ1) is 14.7. The molecule has 0 atom stereocenters. The predicted octanol–water partition coefficient (Wildman–Crippen LogP) is 3.19. The Morgan fingerprint density at radius 3 is 2.55 bits per heavy atom. The van der Waals surface area contributed by atoms with Crippen molar-refractivity contribution in [2.24, 2.45) is 0 Å². The van der Waals surface area contributed by atoms with E-state index in [1.165, 1.54) is 22.4 Å². The van der Waals surface area contributed by atoms with Crippen LogP contribution in [-0.2, 0) is 4.74 Å². The second-order valence-electron chi connectivity index (χ2n) is 8.87. The van der Waals surface area contributed by atoms with E-state index in [1.54, 1.807) is 11.1 Å². The normalized spacial score (nSPS) is 15.3. The minimum Gasteiger partial charge on any atom is -0.444 e. The molecular weight excluding hydrogens is 396 g/mol. The number of piperidine rings is 1. The van der Waals surface area contributed by atoms with Gasteiger partial charge in [0.1, 0.15) is 5.60 Å². The van der Waals surface area contributed by atoms with Crippen LogP contribution in [0.15, 0.2) is 52.3 Å². The number of nitrogens with zero attached hydrogens (tertiary/aromatic N) is 3. The maximum Gasteiger partial charge on any atom is 0.410 e. The molecule has 0 unspecified atom stereocenters. The van der Waals surface area contributed by atoms with Crippen LogP contribution in [0, 0.1) is 0 Å². The van der Waals surface area contributed by atoms with Crippen molar-refractivity contribution in [1.29, 1.82) is 0 Å². The van der Waals surface area contributed by atoms with Crippen molar-refractivity contribution in [3.8, 4) is 5.69 Å². The highest BCUT2D eigenvalue weighted by atomic mass is 16.6. The average molecular weight is 422 g/mol. The molecule has 4 rings (SSSR count). The summed E-state index contributed by atoms with van der Waals surface area (Å²) in [7, 11) is 0. The Morgan fingerprint density at radius 2 is 1.87 bits per heavy atom. The van der Waals surface area contributed by atoms with Crippen LogP contribution in [0.3, 0.4) is 0 Å². The number of aromatic nitrogens is 3. The quantitative estimate of drug-likeness (QED) is 0.684. The van der Waals surface area contributed by atoms with Crippen LogP contribution in [0.4, 0.5) is 4.79 Å². The number of benzene rings is 1. The second kappa shape index (κ2) is 8.02. The molecule has 1 aliphatic rings. The molecule has 8 heteroatoms. The Bertz CT molecular complexity index is 1230. The highest BCUT2D eigenvalue weighted by Crippen LogP contribution is 2.30. The number of aromatic amines is 1. The summed E-state index contributed by atoms with van der Waals surface area (Å²) in [5, 5.41) is 0.919. The lowest BCUT2D eigenvalue weighted by atomic mass is 9.89. The van der Waals surface area contributed by atoms with Gasteiger partial charge in [0.2, 0.25) is 0 Å². The molecule has 1 aromatic carbocycles. The van der Waals surface area contributed by atoms with Crippen molar-refractivity contribution >= 4 is 17.0 Å². The first kappa shape index (κ1) is 20.8. The van der Waals surface area contributed by atoms with Crippen molar-refractivity contribution in [2.75, 3.05) is 13.1 Å². The number of nitrogens with one attached hydrogen (secondary N) is 1. The van der Waals surface area contributed by atoms with Crippen LogP contribution in [0.25, 0.3) is 16.6 Å². The van der Waals surface area contributed by atoms with Crippen LogP contribution in [0.5, 0.6) is 0 Å². The number of carbonyl (C=O) groups excluding carboxylic acids is 1. The van der Waals surface area contributed by atoms with E-state index in [0.29, 0.717) is 24.7 Å². The van der Waals surface area contributed by atoms with Crippen LogP contribution >= 0.6 is 0 Å². The summed E-state index contributed by atoms with van der Waals surface area (Å²) >= 11 is 0. The Morgan fingerprint density at radius 1 is 1.13 bits per heavy atom. The number of likely N-dealkylation sites (tertiary alicyclic amines) is 1. The number of H-pyrrole nitrogens is 1. The number of hydrogen-bond acceptors (Lipinski definition) is 5. The van der Waals surface area contributed by atoms with Crippen molar-refractivity contribution in [1.82, 2.24) is 19.4 Å². The van der Waals surface area contributed by atoms with Crippen molar-refractivity contribution < 1.29 is 9.53 Å². The smallest absolute Gasteiger partial charge is 0.410 e. The molecule has 3 heterocycles. The van der Waals surface area contributed by atoms with E-state index in [9.17, 15) is 14.4 Å². The molecule has 3 aromatic rings. The largest absolute Gasteiger partial charge is 0.444 e. The summed E-state index contributed by atoms with van der Waals surface area (Å²) in [6.07, 6.45) is 4.51. The van der Waals surface area contributed by atoms with E-state index in [1.807, 2.05) is 32.9 Å². The third-order valence-corrected chi connectivity index (χ3v) is 5.41. The molecule has 0 spiro atoms. The number of fused-ring (bicyclic) bond motifs is 1. The predicted molar refractivity (Wildman–Crippen MR) is 118 cm³/mol. The molecule has 162 valence electrons. The molecule has 0 radical (unpaired) electrons. The summed E-state index contributed by atoms with van der Waals surface area (Å²) < 4.78 is 6.84. The number of carbonyl (C=O) groups is 1. The molecule has 1 amide bonds. The average Bonchev–Trinajstić information content (AvgIpc) is 2.72. The highest BCUT2D eigenvalue weighted by Gasteiger charge is 2.27. The zero-order valence-electron chi connectivity index (χ0n) is 17.9. The van der Waals surface area contributed by atoms with E-state index in [-0.39, 0.29) is 6.09 Å². The molecule has 1 saturated heterocycles. The van der Waals surface area contributed by atoms with E-state index >= 15 is 0 Å². The minimum atomic E-state index is -0.501. The molecule has 8 nitrogen and oxygen atoms in total. The molecule has 2 aromatic heterocycles. The maximum atomic E-state index is 12.3. The van der Waals surface area contributed by atoms with E-state index in [0.717, 1.165) is 23.7 Å². The van der Waals surface area contributed by atoms with E-state index in [2.05, 4.69) is 22.1 Å². The zero-order chi connectivity index (χ0) is 22.2. The van der Waals surface area contributed by atoms with Gasteiger partial charge in [-0.25, -0.2) is 9.59 Å². The number of hydrogen-bond donors (Lipinski definition) is 1. The third kappa shape index (κ3) is 4.68. The summed E-state index contributed by atoms with van der Waals surface area (Å²) in [6.45, 7) is 6.92. The second-order valence-corrected chi connectivity index (χ2v) is 8.87. The third-order valence-electron chi connectivity index (χ3n) is 5.41. The Hall–Kier alpha value is -3.42. The van der Waals surface area contributed by atoms with Gasteiger partial charge in [-0.05, 0) is 63.3 Å². The number of amides is 1. The molecular formula is C23H26N4O4. The van der Waals surface area contributed by atoms with Crippen molar-refractivity contribution in [3.05, 3.63) is 69.1 Å². The first-order valence-corrected chi connectivity index (χ1v) is 10.4. The van der Waals surface area contributed by atoms with E-state index in [4.69, 9.17) is 4.74 Å². The number of pyridine rings is 1. The van der Waals surface area contributed by atoms with Gasteiger partial charge in [0.15, 0.2) is 0 Å². The molecule has 31 heavy (non-hydrogen) atoms. The summed E-state index contributed by atoms with van der Waals surface area (Å²) in [5.74, 6) is 0.336. The highest BCUT2D eigenvalue weighted by molar-refractivity contribution is 5.81. The Balaban J connectivity index is 1.53. The minimum absolute atomic E-state index is 0.260. The zero-order valence-corrected chi connectivity index (χ0v) is 17.9. The molecule has 1 aliphatic heterocycles. The van der Waals surface area contributed by atoms with Crippen molar-refractivity contribution in [3.63, 3.8) is 0 Å². The maximum absolute atomic E-state index is 12.3. The van der Waals surface area contributed by atoms with Crippen LogP contribution in [-0.4, -0.2) is 44.2 Å². The fourth-order valence-corrected chi connectivity index (χ4v) is 3.87. The summed E-state index contributed by atoms with van der Waals surface area (Å²) in [4.78, 5) is 44.2. The standard InChI is InChI=1S/C23H26N4O4/c1-23(2,3)31-22(30)26-9-6-15(7-10-26)16-4-5-19-17(12-16)13-18(14-24-19)27-11-8-20(28)25-21(27)29/h4-5,8,11-15H,6-7,9-10H2,1-3H3,(H,25,28,29). The summed E-state index contributed by atoms with van der Waals surface area (Å²) in [6, 6.07) is 9.34. The van der Waals surface area contributed by atoms with Gasteiger partial charge < -0.3 is 9.64 Å². The van der Waals surface area contributed by atoms with Crippen LogP contribution in [0.2, 0.25) is 0 Å². The van der Waals surface area contributed by atoms with Crippen LogP contribution in [0.1, 0.15) is 45.1 Å². The molecule has 0 aliphatic carbocycles. The van der Waals surface area contributed by atoms with Gasteiger partial charge in [-0.3, -0.25) is 19.3 Å². The fraction of sp³-hybridized carbons (Fsp3) is 0.391. The van der Waals surface area contributed by atoms with Gasteiger partial charge in [0, 0.05) is 30.7 Å². The monoisotopic (exact) mass is 422 g/mol. The van der Waals surface area contributed by atoms with Crippen molar-refractivity contribution in [2.45, 2.75) is 45.1 Å². The lowest BCUT2D eigenvalue weighted by Crippen LogP contribution is -2.41. The topological polar surface area (TPSA) is 97.3 Å². The SMILES string of the molecule is CC(C)(C)OC(=O)N1CCC(c2ccc3ncc(-n4ccc(=O)[nH]c4=O)cc3c2)CC1. The van der Waals surface area contributed by atoms with Gasteiger partial charge in [-0.2, -0.15) is 0 Å². The Kier molecular flexibility index (Phi) is 5.39. The summed E-state index contributed by atoms with van der Waals surface area (Å²) in [5.41, 5.74) is 1.17. The van der Waals surface area contributed by atoms with E-state index < -0.39 is 16.9 Å². The van der Waals surface area contributed by atoms with Gasteiger partial charge >= 0.3 is 11.8 Å². The number of ether oxygens (including phenoxy) is 1.